The van der Waals surface area contributed by atoms with Crippen LogP contribution >= 0.6 is 0 Å². The molecule has 29 heavy (non-hydrogen) atoms. The summed E-state index contributed by atoms with van der Waals surface area (Å²) in [4.78, 5) is 14.6. The van der Waals surface area contributed by atoms with E-state index in [9.17, 15) is 4.39 Å². The monoisotopic (exact) mass is 394 g/mol. The lowest BCUT2D eigenvalue weighted by atomic mass is 10.1. The average Bonchev–Trinajstić information content (AvgIpc) is 3.15. The largest absolute Gasteiger partial charge is 0.360 e. The Hall–Kier alpha value is -3.20. The Labute approximate surface area is 167 Å². The van der Waals surface area contributed by atoms with E-state index < -0.39 is 11.8 Å². The SMILES string of the molecule is C[C@H](c1ccc2[nH]ccc2n1)N(C)C1=NC(N)(c2cc([C@H]3C[C@@H]3F)[nH]n2)C=CN1. The number of pyridine rings is 1. The third-order valence-corrected chi connectivity index (χ3v) is 5.73. The van der Waals surface area contributed by atoms with Crippen molar-refractivity contribution < 1.29 is 4.39 Å². The van der Waals surface area contributed by atoms with Crippen LogP contribution in [0.5, 0.6) is 0 Å². The van der Waals surface area contributed by atoms with Crippen molar-refractivity contribution >= 4 is 17.0 Å². The minimum Gasteiger partial charge on any atom is -0.360 e. The molecule has 1 unspecified atom stereocenters. The molecule has 4 atom stereocenters. The van der Waals surface area contributed by atoms with E-state index in [2.05, 4.69) is 27.4 Å². The second-order valence-corrected chi connectivity index (χ2v) is 7.74. The van der Waals surface area contributed by atoms with Crippen molar-refractivity contribution in [3.63, 3.8) is 0 Å². The van der Waals surface area contributed by atoms with Gasteiger partial charge in [0, 0.05) is 31.1 Å². The van der Waals surface area contributed by atoms with Gasteiger partial charge in [0.2, 0.25) is 5.96 Å². The van der Waals surface area contributed by atoms with E-state index >= 15 is 0 Å². The molecule has 0 spiro atoms. The highest BCUT2D eigenvalue weighted by Gasteiger charge is 2.41. The second kappa shape index (κ2) is 6.41. The van der Waals surface area contributed by atoms with Crippen molar-refractivity contribution in [3.8, 4) is 0 Å². The van der Waals surface area contributed by atoms with Crippen LogP contribution in [0, 0.1) is 0 Å². The van der Waals surface area contributed by atoms with Gasteiger partial charge in [0.25, 0.3) is 0 Å². The predicted octanol–water partition coefficient (Wildman–Crippen LogP) is 2.39. The summed E-state index contributed by atoms with van der Waals surface area (Å²) in [7, 11) is 1.94. The molecule has 0 aromatic carbocycles. The summed E-state index contributed by atoms with van der Waals surface area (Å²) in [6, 6.07) is 7.74. The molecule has 150 valence electrons. The summed E-state index contributed by atoms with van der Waals surface area (Å²) in [6.45, 7) is 2.06. The molecular weight excluding hydrogens is 371 g/mol. The van der Waals surface area contributed by atoms with E-state index in [1.165, 1.54) is 0 Å². The zero-order valence-corrected chi connectivity index (χ0v) is 16.2. The second-order valence-electron chi connectivity index (χ2n) is 7.74. The van der Waals surface area contributed by atoms with E-state index in [4.69, 9.17) is 15.7 Å². The molecule has 4 heterocycles. The maximum atomic E-state index is 13.4. The third kappa shape index (κ3) is 3.07. The molecule has 8 nitrogen and oxygen atoms in total. The summed E-state index contributed by atoms with van der Waals surface area (Å²) < 4.78 is 13.4. The van der Waals surface area contributed by atoms with E-state index in [0.717, 1.165) is 22.4 Å². The number of nitrogens with two attached hydrogens (primary N) is 1. The summed E-state index contributed by atoms with van der Waals surface area (Å²) in [5, 5.41) is 10.4. The molecule has 2 aliphatic rings. The third-order valence-electron chi connectivity index (χ3n) is 5.73. The summed E-state index contributed by atoms with van der Waals surface area (Å²) in [5.74, 6) is 0.504. The van der Waals surface area contributed by atoms with Gasteiger partial charge in [-0.25, -0.2) is 14.4 Å². The molecular formula is C20H23FN8. The standard InChI is InChI=1S/C20H23FN8/c1-11(14-3-4-15-16(25-14)5-7-23-15)29(2)19-24-8-6-20(22,26-19)18-10-17(27-28-18)12-9-13(12)21/h3-8,10-13,23H,9,22H2,1-2H3,(H,24,26)(H,27,28)/t11-,12+,13+,20?/m1/s1. The van der Waals surface area contributed by atoms with Crippen molar-refractivity contribution in [2.45, 2.75) is 37.1 Å². The van der Waals surface area contributed by atoms with Gasteiger partial charge in [0.05, 0.1) is 22.8 Å². The number of alkyl halides is 1. The van der Waals surface area contributed by atoms with Crippen LogP contribution in [0.2, 0.25) is 0 Å². The van der Waals surface area contributed by atoms with Crippen LogP contribution in [0.25, 0.3) is 11.0 Å². The Morgan fingerprint density at radius 3 is 2.97 bits per heavy atom. The number of halogens is 1. The highest BCUT2D eigenvalue weighted by atomic mass is 19.1. The van der Waals surface area contributed by atoms with Gasteiger partial charge in [-0.1, -0.05) is 0 Å². The smallest absolute Gasteiger partial charge is 0.200 e. The molecule has 3 aromatic rings. The number of nitrogens with zero attached hydrogens (tertiary/aromatic N) is 4. The van der Waals surface area contributed by atoms with Crippen LogP contribution in [0.4, 0.5) is 4.39 Å². The molecule has 1 saturated carbocycles. The summed E-state index contributed by atoms with van der Waals surface area (Å²) >= 11 is 0. The van der Waals surface area contributed by atoms with Crippen LogP contribution < -0.4 is 11.1 Å². The summed E-state index contributed by atoms with van der Waals surface area (Å²) in [6.07, 6.45) is 5.12. The van der Waals surface area contributed by atoms with Crippen LogP contribution in [0.1, 0.15) is 42.4 Å². The van der Waals surface area contributed by atoms with Crippen LogP contribution in [-0.4, -0.2) is 44.2 Å². The number of aromatic nitrogens is 4. The van der Waals surface area contributed by atoms with Crippen molar-refractivity contribution in [2.75, 3.05) is 7.05 Å². The van der Waals surface area contributed by atoms with Gasteiger partial charge in [0.1, 0.15) is 11.9 Å². The molecule has 5 rings (SSSR count). The fraction of sp³-hybridized carbons (Fsp3) is 0.350. The maximum absolute atomic E-state index is 13.4. The van der Waals surface area contributed by atoms with E-state index in [1.807, 2.05) is 42.4 Å². The molecule has 0 radical (unpaired) electrons. The first kappa shape index (κ1) is 17.9. The van der Waals surface area contributed by atoms with Gasteiger partial charge in [-0.2, -0.15) is 5.10 Å². The first-order valence-corrected chi connectivity index (χ1v) is 9.64. The van der Waals surface area contributed by atoms with Crippen molar-refractivity contribution in [3.05, 3.63) is 59.8 Å². The Balaban J connectivity index is 1.40. The molecule has 9 heteroatoms. The fourth-order valence-corrected chi connectivity index (χ4v) is 3.59. The maximum Gasteiger partial charge on any atom is 0.200 e. The van der Waals surface area contributed by atoms with Gasteiger partial charge >= 0.3 is 0 Å². The summed E-state index contributed by atoms with van der Waals surface area (Å²) in [5.41, 5.74) is 9.60. The van der Waals surface area contributed by atoms with Crippen molar-refractivity contribution in [1.29, 1.82) is 0 Å². The highest BCUT2D eigenvalue weighted by molar-refractivity contribution is 5.83. The van der Waals surface area contributed by atoms with Gasteiger partial charge < -0.3 is 15.2 Å². The minimum absolute atomic E-state index is 0.0372. The quantitative estimate of drug-likeness (QED) is 0.543. The lowest BCUT2D eigenvalue weighted by molar-refractivity contribution is 0.374. The number of nitrogens with one attached hydrogen (secondary N) is 3. The van der Waals surface area contributed by atoms with Crippen LogP contribution in [0.15, 0.2) is 47.7 Å². The number of H-pyrrole nitrogens is 2. The number of hydrogen-bond donors (Lipinski definition) is 4. The molecule has 3 aromatic heterocycles. The lowest BCUT2D eigenvalue weighted by Gasteiger charge is -2.32. The van der Waals surface area contributed by atoms with Gasteiger partial charge in [-0.3, -0.25) is 10.8 Å². The molecule has 0 bridgehead atoms. The molecule has 1 aliphatic carbocycles. The van der Waals surface area contributed by atoms with Crippen LogP contribution in [-0.2, 0) is 5.66 Å². The van der Waals surface area contributed by atoms with E-state index in [-0.39, 0.29) is 12.0 Å². The normalized spacial score (nSPS) is 26.8. The fourth-order valence-electron chi connectivity index (χ4n) is 3.59. The molecule has 0 amide bonds. The number of guanidine groups is 1. The predicted molar refractivity (Wildman–Crippen MR) is 109 cm³/mol. The molecule has 0 saturated heterocycles. The Bertz CT molecular complexity index is 1110. The average molecular weight is 394 g/mol. The van der Waals surface area contributed by atoms with Gasteiger partial charge in [0.15, 0.2) is 5.66 Å². The highest BCUT2D eigenvalue weighted by Crippen LogP contribution is 2.43. The Morgan fingerprint density at radius 1 is 1.34 bits per heavy atom. The number of hydrogen-bond acceptors (Lipinski definition) is 6. The van der Waals surface area contributed by atoms with Gasteiger partial charge in [-0.15, -0.1) is 0 Å². The van der Waals surface area contributed by atoms with E-state index in [1.54, 1.807) is 12.3 Å². The number of rotatable bonds is 4. The number of fused-ring (bicyclic) bond motifs is 1. The molecule has 1 aliphatic heterocycles. The Kier molecular flexibility index (Phi) is 3.95. The first-order chi connectivity index (χ1) is 13.9. The number of aromatic amines is 2. The number of aliphatic imine (C=N–C) groups is 1. The Morgan fingerprint density at radius 2 is 2.17 bits per heavy atom. The van der Waals surface area contributed by atoms with Crippen LogP contribution in [0.3, 0.4) is 0 Å². The van der Waals surface area contributed by atoms with Gasteiger partial charge in [-0.05, 0) is 43.7 Å². The first-order valence-electron chi connectivity index (χ1n) is 9.64. The topological polar surface area (TPSA) is 111 Å². The zero-order chi connectivity index (χ0) is 20.2. The van der Waals surface area contributed by atoms with E-state index in [0.29, 0.717) is 18.1 Å². The van der Waals surface area contributed by atoms with Crippen molar-refractivity contribution in [1.82, 2.24) is 30.4 Å². The molecule has 1 fully saturated rings. The molecule has 5 N–H and O–H groups in total. The lowest BCUT2D eigenvalue weighted by Crippen LogP contribution is -2.46. The van der Waals surface area contributed by atoms with Crippen molar-refractivity contribution in [2.24, 2.45) is 10.7 Å². The zero-order valence-electron chi connectivity index (χ0n) is 16.2. The minimum atomic E-state index is -1.12.